The number of carbonyl (C=O) groups is 2. The number of amides is 2. The highest BCUT2D eigenvalue weighted by Crippen LogP contribution is 2.28. The molecule has 1 aromatic heterocycles. The topological polar surface area (TPSA) is 86.9 Å². The first-order valence-electron chi connectivity index (χ1n) is 8.01. The van der Waals surface area contributed by atoms with Crippen LogP contribution < -0.4 is 10.6 Å². The summed E-state index contributed by atoms with van der Waals surface area (Å²) in [6, 6.07) is 15.5. The number of halogens is 1. The molecule has 2 aromatic carbocycles. The third-order valence-electron chi connectivity index (χ3n) is 3.81. The van der Waals surface area contributed by atoms with Crippen LogP contribution in [0.15, 0.2) is 60.8 Å². The van der Waals surface area contributed by atoms with Crippen molar-refractivity contribution in [2.75, 3.05) is 5.32 Å². The van der Waals surface area contributed by atoms with Crippen LogP contribution >= 0.6 is 11.6 Å². The van der Waals surface area contributed by atoms with Crippen LogP contribution in [-0.4, -0.2) is 28.1 Å². The molecule has 1 heterocycles. The molecular formula is C19H17ClN4O2. The number of benzene rings is 2. The van der Waals surface area contributed by atoms with Gasteiger partial charge in [0.2, 0.25) is 5.91 Å². The van der Waals surface area contributed by atoms with Gasteiger partial charge in [0.25, 0.3) is 5.91 Å². The van der Waals surface area contributed by atoms with E-state index in [4.69, 9.17) is 11.6 Å². The Morgan fingerprint density at radius 1 is 1.08 bits per heavy atom. The summed E-state index contributed by atoms with van der Waals surface area (Å²) < 4.78 is 0. The molecule has 1 atom stereocenters. The van der Waals surface area contributed by atoms with Crippen molar-refractivity contribution in [1.29, 1.82) is 0 Å². The fourth-order valence-electron chi connectivity index (χ4n) is 2.44. The molecule has 132 valence electrons. The van der Waals surface area contributed by atoms with Crippen LogP contribution in [0.25, 0.3) is 11.3 Å². The maximum atomic E-state index is 12.6. The predicted octanol–water partition coefficient (Wildman–Crippen LogP) is 3.49. The second kappa shape index (κ2) is 7.84. The van der Waals surface area contributed by atoms with E-state index < -0.39 is 11.9 Å². The molecule has 0 fully saturated rings. The van der Waals surface area contributed by atoms with Gasteiger partial charge in [0.05, 0.1) is 17.5 Å². The number of hydrogen-bond donors (Lipinski definition) is 3. The van der Waals surface area contributed by atoms with E-state index in [0.29, 0.717) is 27.5 Å². The summed E-state index contributed by atoms with van der Waals surface area (Å²) in [6.07, 6.45) is 1.41. The van der Waals surface area contributed by atoms with Crippen LogP contribution in [0.5, 0.6) is 0 Å². The first-order chi connectivity index (χ1) is 12.6. The Balaban J connectivity index is 1.72. The second-order valence-corrected chi connectivity index (χ2v) is 6.10. The van der Waals surface area contributed by atoms with Crippen LogP contribution in [0, 0.1) is 0 Å². The molecule has 3 rings (SSSR count). The molecule has 0 radical (unpaired) electrons. The second-order valence-electron chi connectivity index (χ2n) is 5.69. The molecule has 0 aliphatic rings. The monoisotopic (exact) mass is 368 g/mol. The average molecular weight is 369 g/mol. The highest BCUT2D eigenvalue weighted by Gasteiger charge is 2.21. The maximum absolute atomic E-state index is 12.6. The summed E-state index contributed by atoms with van der Waals surface area (Å²) in [5.41, 5.74) is 2.15. The minimum Gasteiger partial charge on any atom is -0.340 e. The highest BCUT2D eigenvalue weighted by molar-refractivity contribution is 6.33. The average Bonchev–Trinajstić information content (AvgIpc) is 3.12. The fourth-order valence-corrected chi connectivity index (χ4v) is 2.67. The number of para-hydroxylation sites is 1. The number of H-pyrrole nitrogens is 1. The number of aromatic amines is 1. The van der Waals surface area contributed by atoms with Gasteiger partial charge in [0.1, 0.15) is 6.04 Å². The van der Waals surface area contributed by atoms with Crippen LogP contribution in [0.1, 0.15) is 17.3 Å². The molecule has 0 saturated heterocycles. The molecule has 3 N–H and O–H groups in total. The summed E-state index contributed by atoms with van der Waals surface area (Å²) >= 11 is 6.20. The van der Waals surface area contributed by atoms with Crippen molar-refractivity contribution in [2.24, 2.45) is 0 Å². The van der Waals surface area contributed by atoms with Crippen molar-refractivity contribution in [3.63, 3.8) is 0 Å². The summed E-state index contributed by atoms with van der Waals surface area (Å²) in [5.74, 6) is -0.725. The van der Waals surface area contributed by atoms with Crippen LogP contribution in [0.2, 0.25) is 5.02 Å². The molecule has 2 amide bonds. The van der Waals surface area contributed by atoms with E-state index in [0.717, 1.165) is 0 Å². The van der Waals surface area contributed by atoms with Crippen LogP contribution in [-0.2, 0) is 4.79 Å². The Hall–Kier alpha value is -3.12. The zero-order valence-electron chi connectivity index (χ0n) is 14.0. The third-order valence-corrected chi connectivity index (χ3v) is 4.14. The summed E-state index contributed by atoms with van der Waals surface area (Å²) in [7, 11) is 0. The minimum atomic E-state index is -0.725. The Bertz CT molecular complexity index is 924. The predicted molar refractivity (Wildman–Crippen MR) is 101 cm³/mol. The van der Waals surface area contributed by atoms with E-state index in [1.807, 2.05) is 24.3 Å². The zero-order valence-corrected chi connectivity index (χ0v) is 14.7. The van der Waals surface area contributed by atoms with Gasteiger partial charge in [-0.15, -0.1) is 0 Å². The van der Waals surface area contributed by atoms with E-state index in [2.05, 4.69) is 20.8 Å². The number of nitrogens with one attached hydrogen (secondary N) is 3. The van der Waals surface area contributed by atoms with E-state index in [1.165, 1.54) is 6.20 Å². The summed E-state index contributed by atoms with van der Waals surface area (Å²) in [5, 5.41) is 12.7. The molecule has 0 aliphatic carbocycles. The molecule has 1 unspecified atom stereocenters. The summed E-state index contributed by atoms with van der Waals surface area (Å²) in [6.45, 7) is 1.62. The van der Waals surface area contributed by atoms with Crippen LogP contribution in [0.3, 0.4) is 0 Å². The smallest absolute Gasteiger partial charge is 0.255 e. The zero-order chi connectivity index (χ0) is 18.5. The van der Waals surface area contributed by atoms with Gasteiger partial charge in [-0.3, -0.25) is 14.7 Å². The lowest BCUT2D eigenvalue weighted by molar-refractivity contribution is -0.117. The molecule has 0 bridgehead atoms. The molecule has 26 heavy (non-hydrogen) atoms. The number of aromatic nitrogens is 2. The Morgan fingerprint density at radius 3 is 2.50 bits per heavy atom. The van der Waals surface area contributed by atoms with Gasteiger partial charge < -0.3 is 10.6 Å². The molecule has 3 aromatic rings. The molecule has 0 saturated carbocycles. The van der Waals surface area contributed by atoms with Gasteiger partial charge in [-0.1, -0.05) is 48.0 Å². The van der Waals surface area contributed by atoms with E-state index >= 15 is 0 Å². The largest absolute Gasteiger partial charge is 0.340 e. The number of anilines is 1. The van der Waals surface area contributed by atoms with Crippen molar-refractivity contribution in [1.82, 2.24) is 15.5 Å². The lowest BCUT2D eigenvalue weighted by Gasteiger charge is -2.14. The van der Waals surface area contributed by atoms with E-state index in [1.54, 1.807) is 37.3 Å². The lowest BCUT2D eigenvalue weighted by Crippen LogP contribution is -2.41. The minimum absolute atomic E-state index is 0.313. The number of carbonyl (C=O) groups excluding carboxylic acids is 2. The van der Waals surface area contributed by atoms with Gasteiger partial charge in [0.15, 0.2) is 0 Å². The van der Waals surface area contributed by atoms with Crippen molar-refractivity contribution in [3.05, 3.63) is 71.4 Å². The third kappa shape index (κ3) is 3.92. The van der Waals surface area contributed by atoms with Crippen LogP contribution in [0.4, 0.5) is 5.69 Å². The van der Waals surface area contributed by atoms with Crippen molar-refractivity contribution < 1.29 is 9.59 Å². The Labute approximate surface area is 155 Å². The molecular weight excluding hydrogens is 352 g/mol. The Kier molecular flexibility index (Phi) is 5.34. The standard InChI is InChI=1S/C19H17ClN4O2/c1-12(18(25)23-13-7-3-2-4-8-13)22-19(26)15-11-21-24-17(15)14-9-5-6-10-16(14)20/h2-12H,1H3,(H,21,24)(H,22,26)(H,23,25). The van der Waals surface area contributed by atoms with Gasteiger partial charge in [-0.05, 0) is 25.1 Å². The fraction of sp³-hybridized carbons (Fsp3) is 0.105. The lowest BCUT2D eigenvalue weighted by atomic mass is 10.1. The van der Waals surface area contributed by atoms with Crippen molar-refractivity contribution in [3.8, 4) is 11.3 Å². The summed E-state index contributed by atoms with van der Waals surface area (Å²) in [4.78, 5) is 24.8. The first-order valence-corrected chi connectivity index (χ1v) is 8.39. The molecule has 6 nitrogen and oxygen atoms in total. The van der Waals surface area contributed by atoms with Crippen molar-refractivity contribution in [2.45, 2.75) is 13.0 Å². The SMILES string of the molecule is CC(NC(=O)c1cn[nH]c1-c1ccccc1Cl)C(=O)Nc1ccccc1. The first kappa shape index (κ1) is 17.7. The Morgan fingerprint density at radius 2 is 1.77 bits per heavy atom. The van der Waals surface area contributed by atoms with Gasteiger partial charge >= 0.3 is 0 Å². The normalized spacial score (nSPS) is 11.6. The molecule has 7 heteroatoms. The van der Waals surface area contributed by atoms with Gasteiger partial charge in [-0.2, -0.15) is 5.10 Å². The maximum Gasteiger partial charge on any atom is 0.255 e. The molecule has 0 aliphatic heterocycles. The quantitative estimate of drug-likeness (QED) is 0.644. The number of nitrogens with zero attached hydrogens (tertiary/aromatic N) is 1. The molecule has 0 spiro atoms. The van der Waals surface area contributed by atoms with E-state index in [9.17, 15) is 9.59 Å². The number of hydrogen-bond acceptors (Lipinski definition) is 3. The van der Waals surface area contributed by atoms with Crippen molar-refractivity contribution >= 4 is 29.1 Å². The highest BCUT2D eigenvalue weighted by atomic mass is 35.5. The van der Waals surface area contributed by atoms with Gasteiger partial charge in [0, 0.05) is 16.3 Å². The van der Waals surface area contributed by atoms with E-state index in [-0.39, 0.29) is 5.91 Å². The van der Waals surface area contributed by atoms with Gasteiger partial charge in [-0.25, -0.2) is 0 Å². The number of rotatable bonds is 5.